The third-order valence-corrected chi connectivity index (χ3v) is 5.11. The molecule has 1 heterocycles. The Labute approximate surface area is 162 Å². The smallest absolute Gasteiger partial charge is 0.327 e. The second-order valence-corrected chi connectivity index (χ2v) is 8.11. The van der Waals surface area contributed by atoms with Crippen molar-refractivity contribution in [1.82, 2.24) is 20.4 Å². The maximum atomic E-state index is 13.1. The molecular weight excluding hydrogens is 348 g/mol. The molecule has 0 aromatic rings. The summed E-state index contributed by atoms with van der Waals surface area (Å²) < 4.78 is 0. The van der Waals surface area contributed by atoms with Gasteiger partial charge in [0.1, 0.15) is 12.1 Å². The molecule has 0 radical (unpaired) electrons. The number of carbonyl (C=O) groups excluding carboxylic acids is 2. The molecule has 0 spiro atoms. The fraction of sp³-hybridized carbons (Fsp3) is 0.842. The van der Waals surface area contributed by atoms with Crippen LogP contribution in [-0.4, -0.2) is 84.0 Å². The molecule has 1 rings (SSSR count). The Morgan fingerprint density at radius 2 is 1.74 bits per heavy atom. The van der Waals surface area contributed by atoms with Gasteiger partial charge in [-0.15, -0.1) is 0 Å². The van der Waals surface area contributed by atoms with Crippen molar-refractivity contribution in [2.45, 2.75) is 59.2 Å². The van der Waals surface area contributed by atoms with Crippen molar-refractivity contribution >= 4 is 17.8 Å². The zero-order valence-corrected chi connectivity index (χ0v) is 17.5. The van der Waals surface area contributed by atoms with Gasteiger partial charge in [0.2, 0.25) is 11.8 Å². The predicted octanol–water partition coefficient (Wildman–Crippen LogP) is 0.379. The first kappa shape index (κ1) is 23.4. The number of hydrogen-bond donors (Lipinski definition) is 3. The Bertz CT molecular complexity index is 524. The summed E-state index contributed by atoms with van der Waals surface area (Å²) >= 11 is 0. The van der Waals surface area contributed by atoms with E-state index in [0.717, 1.165) is 13.0 Å². The van der Waals surface area contributed by atoms with E-state index in [2.05, 4.69) is 29.4 Å². The molecular formula is C19H36N4O4. The van der Waals surface area contributed by atoms with Crippen LogP contribution in [0.4, 0.5) is 0 Å². The van der Waals surface area contributed by atoms with Gasteiger partial charge >= 0.3 is 5.97 Å². The molecule has 2 amide bonds. The van der Waals surface area contributed by atoms with Gasteiger partial charge in [0, 0.05) is 19.6 Å². The number of aliphatic carboxylic acids is 1. The second-order valence-electron chi connectivity index (χ2n) is 8.11. The van der Waals surface area contributed by atoms with E-state index in [-0.39, 0.29) is 17.7 Å². The number of amides is 2. The molecule has 27 heavy (non-hydrogen) atoms. The first-order valence-electron chi connectivity index (χ1n) is 9.81. The molecule has 0 aromatic heterocycles. The summed E-state index contributed by atoms with van der Waals surface area (Å²) in [5.74, 6) is -1.19. The second kappa shape index (κ2) is 10.6. The van der Waals surface area contributed by atoms with E-state index in [1.165, 1.54) is 4.90 Å². The van der Waals surface area contributed by atoms with E-state index in [4.69, 9.17) is 0 Å². The molecule has 1 saturated heterocycles. The van der Waals surface area contributed by atoms with Crippen LogP contribution in [0, 0.1) is 11.8 Å². The topological polar surface area (TPSA) is 102 Å². The average Bonchev–Trinajstić information content (AvgIpc) is 2.62. The quantitative estimate of drug-likeness (QED) is 0.531. The lowest BCUT2D eigenvalue weighted by atomic mass is 10.00. The molecule has 3 unspecified atom stereocenters. The number of carboxylic acid groups (broad SMARTS) is 1. The lowest BCUT2D eigenvalue weighted by molar-refractivity contribution is -0.155. The van der Waals surface area contributed by atoms with E-state index < -0.39 is 24.1 Å². The Kier molecular flexibility index (Phi) is 9.18. The third kappa shape index (κ3) is 6.77. The first-order chi connectivity index (χ1) is 12.6. The minimum atomic E-state index is -1.00. The zero-order valence-electron chi connectivity index (χ0n) is 17.5. The fourth-order valence-electron chi connectivity index (χ4n) is 3.06. The van der Waals surface area contributed by atoms with Crippen LogP contribution in [0.1, 0.15) is 41.0 Å². The Hall–Kier alpha value is -1.67. The van der Waals surface area contributed by atoms with Gasteiger partial charge in [0.15, 0.2) is 0 Å². The summed E-state index contributed by atoms with van der Waals surface area (Å²) in [6.07, 6.45) is 0.993. The summed E-state index contributed by atoms with van der Waals surface area (Å²) in [6.45, 7) is 11.8. The van der Waals surface area contributed by atoms with Crippen LogP contribution >= 0.6 is 0 Å². The van der Waals surface area contributed by atoms with Gasteiger partial charge in [-0.25, -0.2) is 4.79 Å². The van der Waals surface area contributed by atoms with Crippen molar-refractivity contribution in [2.24, 2.45) is 11.8 Å². The normalized spacial score (nSPS) is 20.6. The molecule has 0 bridgehead atoms. The molecule has 0 aliphatic carbocycles. The van der Waals surface area contributed by atoms with E-state index in [1.807, 2.05) is 13.8 Å². The van der Waals surface area contributed by atoms with Crippen molar-refractivity contribution in [3.05, 3.63) is 0 Å². The number of carboxylic acids is 1. The first-order valence-corrected chi connectivity index (χ1v) is 9.81. The van der Waals surface area contributed by atoms with Crippen LogP contribution in [0.15, 0.2) is 0 Å². The van der Waals surface area contributed by atoms with Crippen LogP contribution < -0.4 is 10.6 Å². The van der Waals surface area contributed by atoms with Gasteiger partial charge in [-0.05, 0) is 38.8 Å². The van der Waals surface area contributed by atoms with Crippen LogP contribution in [0.3, 0.4) is 0 Å². The maximum absolute atomic E-state index is 13.1. The number of piperazine rings is 1. The molecule has 8 nitrogen and oxygen atoms in total. The van der Waals surface area contributed by atoms with Gasteiger partial charge in [-0.3, -0.25) is 14.5 Å². The molecule has 1 aliphatic heterocycles. The molecule has 1 fully saturated rings. The highest BCUT2D eigenvalue weighted by Gasteiger charge is 2.39. The lowest BCUT2D eigenvalue weighted by Gasteiger charge is -2.41. The number of carbonyl (C=O) groups is 3. The van der Waals surface area contributed by atoms with Crippen LogP contribution in [-0.2, 0) is 14.4 Å². The van der Waals surface area contributed by atoms with E-state index in [1.54, 1.807) is 14.0 Å². The van der Waals surface area contributed by atoms with Gasteiger partial charge in [-0.2, -0.15) is 0 Å². The minimum absolute atomic E-state index is 0.140. The van der Waals surface area contributed by atoms with Gasteiger partial charge in [0.25, 0.3) is 0 Å². The van der Waals surface area contributed by atoms with E-state index in [0.29, 0.717) is 25.6 Å². The van der Waals surface area contributed by atoms with Crippen molar-refractivity contribution in [3.63, 3.8) is 0 Å². The third-order valence-electron chi connectivity index (χ3n) is 5.11. The zero-order chi connectivity index (χ0) is 20.7. The summed E-state index contributed by atoms with van der Waals surface area (Å²) in [4.78, 5) is 40.6. The van der Waals surface area contributed by atoms with Crippen molar-refractivity contribution < 1.29 is 19.5 Å². The largest absolute Gasteiger partial charge is 0.480 e. The molecule has 8 heteroatoms. The van der Waals surface area contributed by atoms with Gasteiger partial charge < -0.3 is 20.6 Å². The Morgan fingerprint density at radius 3 is 2.22 bits per heavy atom. The molecule has 0 aromatic carbocycles. The molecule has 3 N–H and O–H groups in total. The number of likely N-dealkylation sites (N-methyl/N-ethyl adjacent to an activating group) is 1. The summed E-state index contributed by atoms with van der Waals surface area (Å²) in [5.41, 5.74) is 0. The number of nitrogens with one attached hydrogen (secondary N) is 2. The van der Waals surface area contributed by atoms with Crippen LogP contribution in [0.2, 0.25) is 0 Å². The maximum Gasteiger partial charge on any atom is 0.327 e. The Morgan fingerprint density at radius 1 is 1.11 bits per heavy atom. The summed E-state index contributed by atoms with van der Waals surface area (Å²) in [7, 11) is 1.67. The van der Waals surface area contributed by atoms with Gasteiger partial charge in [0.05, 0.1) is 6.04 Å². The van der Waals surface area contributed by atoms with Crippen molar-refractivity contribution in [1.29, 1.82) is 0 Å². The van der Waals surface area contributed by atoms with Crippen LogP contribution in [0.5, 0.6) is 0 Å². The standard InChI is InChI=1S/C19H36N4O4/c1-12(2)7-8-22-9-10-23(15(11-22)19(26)27)18(25)16(13(3)4)21-17(24)14(5)20-6/h12-16,20H,7-11H2,1-6H3,(H,21,24)(H,26,27). The highest BCUT2D eigenvalue weighted by atomic mass is 16.4. The van der Waals surface area contributed by atoms with Crippen molar-refractivity contribution in [2.75, 3.05) is 33.2 Å². The molecule has 0 saturated carbocycles. The summed E-state index contributed by atoms with van der Waals surface area (Å²) in [5, 5.41) is 15.3. The molecule has 3 atom stereocenters. The molecule has 156 valence electrons. The van der Waals surface area contributed by atoms with E-state index in [9.17, 15) is 19.5 Å². The number of hydrogen-bond acceptors (Lipinski definition) is 5. The predicted molar refractivity (Wildman–Crippen MR) is 104 cm³/mol. The SMILES string of the molecule is CNC(C)C(=O)NC(C(=O)N1CCN(CCC(C)C)CC1C(=O)O)C(C)C. The van der Waals surface area contributed by atoms with Gasteiger partial charge in [-0.1, -0.05) is 27.7 Å². The highest BCUT2D eigenvalue weighted by molar-refractivity contribution is 5.92. The molecule has 1 aliphatic rings. The Balaban J connectivity index is 2.87. The van der Waals surface area contributed by atoms with Crippen LogP contribution in [0.25, 0.3) is 0 Å². The highest BCUT2D eigenvalue weighted by Crippen LogP contribution is 2.16. The fourth-order valence-corrected chi connectivity index (χ4v) is 3.06. The average molecular weight is 385 g/mol. The summed E-state index contributed by atoms with van der Waals surface area (Å²) in [6, 6.07) is -2.06. The van der Waals surface area contributed by atoms with Crippen molar-refractivity contribution in [3.8, 4) is 0 Å². The monoisotopic (exact) mass is 384 g/mol. The lowest BCUT2D eigenvalue weighted by Crippen LogP contribution is -2.63. The number of nitrogens with zero attached hydrogens (tertiary/aromatic N) is 2. The van der Waals surface area contributed by atoms with E-state index >= 15 is 0 Å². The minimum Gasteiger partial charge on any atom is -0.480 e. The number of rotatable bonds is 9.